The molecule has 140 valence electrons. The summed E-state index contributed by atoms with van der Waals surface area (Å²) in [6.45, 7) is 8.95. The summed E-state index contributed by atoms with van der Waals surface area (Å²) >= 11 is 0. The van der Waals surface area contributed by atoms with Crippen LogP contribution in [0.2, 0.25) is 0 Å². The van der Waals surface area contributed by atoms with Crippen LogP contribution in [0.15, 0.2) is 29.4 Å². The number of anilines is 1. The largest absolute Gasteiger partial charge is 0.356 e. The highest BCUT2D eigenvalue weighted by Crippen LogP contribution is 2.34. The Labute approximate surface area is 157 Å². The van der Waals surface area contributed by atoms with E-state index in [0.717, 1.165) is 61.6 Å². The number of aromatic nitrogens is 6. The number of hydrogen-bond acceptors (Lipinski definition) is 8. The zero-order chi connectivity index (χ0) is 18.4. The molecule has 2 atom stereocenters. The van der Waals surface area contributed by atoms with Crippen LogP contribution in [-0.4, -0.2) is 61.0 Å². The molecule has 2 aliphatic rings. The summed E-state index contributed by atoms with van der Waals surface area (Å²) in [5.74, 6) is 3.85. The highest BCUT2D eigenvalue weighted by Gasteiger charge is 2.40. The van der Waals surface area contributed by atoms with Crippen LogP contribution in [0.1, 0.15) is 17.2 Å². The zero-order valence-electron chi connectivity index (χ0n) is 15.5. The van der Waals surface area contributed by atoms with Crippen molar-refractivity contribution in [3.05, 3.63) is 42.1 Å². The second kappa shape index (κ2) is 6.41. The number of nitrogens with zero attached hydrogens (tertiary/aromatic N) is 8. The first kappa shape index (κ1) is 16.4. The third-order valence-electron chi connectivity index (χ3n) is 5.52. The third-order valence-corrected chi connectivity index (χ3v) is 5.52. The molecule has 0 spiro atoms. The molecule has 0 amide bonds. The monoisotopic (exact) mass is 366 g/mol. The number of fused-ring (bicyclic) bond motifs is 1. The summed E-state index contributed by atoms with van der Waals surface area (Å²) in [5, 5.41) is 8.45. The van der Waals surface area contributed by atoms with E-state index in [-0.39, 0.29) is 0 Å². The van der Waals surface area contributed by atoms with Crippen LogP contribution in [0, 0.1) is 25.7 Å². The fourth-order valence-corrected chi connectivity index (χ4v) is 4.36. The molecule has 0 N–H and O–H groups in total. The first-order valence-electron chi connectivity index (χ1n) is 9.24. The molecule has 2 unspecified atom stereocenters. The molecule has 2 aliphatic heterocycles. The van der Waals surface area contributed by atoms with Crippen LogP contribution >= 0.6 is 0 Å². The van der Waals surface area contributed by atoms with E-state index in [1.807, 2.05) is 24.6 Å². The van der Waals surface area contributed by atoms with Crippen molar-refractivity contribution in [2.75, 3.05) is 31.1 Å². The van der Waals surface area contributed by atoms with Gasteiger partial charge in [-0.15, -0.1) is 0 Å². The quantitative estimate of drug-likeness (QED) is 0.681. The van der Waals surface area contributed by atoms with Crippen LogP contribution in [0.5, 0.6) is 0 Å². The Morgan fingerprint density at radius 3 is 2.44 bits per heavy atom. The Kier molecular flexibility index (Phi) is 3.89. The minimum atomic E-state index is 0.643. The topological polar surface area (TPSA) is 89.0 Å². The second-order valence-corrected chi connectivity index (χ2v) is 7.54. The van der Waals surface area contributed by atoms with Crippen LogP contribution in [0.4, 0.5) is 5.82 Å². The van der Waals surface area contributed by atoms with Crippen molar-refractivity contribution < 1.29 is 4.52 Å². The lowest BCUT2D eigenvalue weighted by Crippen LogP contribution is -2.29. The van der Waals surface area contributed by atoms with Crippen molar-refractivity contribution >= 4 is 5.82 Å². The van der Waals surface area contributed by atoms with Gasteiger partial charge in [-0.25, -0.2) is 14.6 Å². The number of aryl methyl sites for hydroxylation is 2. The number of hydrogen-bond donors (Lipinski definition) is 0. The van der Waals surface area contributed by atoms with Gasteiger partial charge in [-0.05, 0) is 31.7 Å². The van der Waals surface area contributed by atoms with Gasteiger partial charge in [0.2, 0.25) is 6.39 Å². The van der Waals surface area contributed by atoms with Crippen LogP contribution < -0.4 is 4.90 Å². The summed E-state index contributed by atoms with van der Waals surface area (Å²) in [6.07, 6.45) is 3.03. The van der Waals surface area contributed by atoms with Crippen LogP contribution in [0.25, 0.3) is 5.82 Å². The average molecular weight is 366 g/mol. The van der Waals surface area contributed by atoms with Gasteiger partial charge in [-0.2, -0.15) is 10.1 Å². The molecular weight excluding hydrogens is 344 g/mol. The van der Waals surface area contributed by atoms with Crippen molar-refractivity contribution in [2.24, 2.45) is 11.8 Å². The van der Waals surface area contributed by atoms with Crippen LogP contribution in [0.3, 0.4) is 0 Å². The van der Waals surface area contributed by atoms with Crippen molar-refractivity contribution in [3.63, 3.8) is 0 Å². The summed E-state index contributed by atoms with van der Waals surface area (Å²) in [5.41, 5.74) is 2.07. The standard InChI is InChI=1S/C18H22N8O/c1-12-3-13(2)26(22-12)18-4-17(19-10-20-18)25-7-14-5-24(6-15(14)8-25)9-16-21-11-27-23-16/h3-4,10-11,14-15H,5-9H2,1-2H3. The smallest absolute Gasteiger partial charge is 0.213 e. The maximum Gasteiger partial charge on any atom is 0.213 e. The molecule has 0 bridgehead atoms. The Bertz CT molecular complexity index is 923. The predicted molar refractivity (Wildman–Crippen MR) is 97.4 cm³/mol. The molecule has 2 fully saturated rings. The number of rotatable bonds is 4. The molecule has 0 saturated carbocycles. The van der Waals surface area contributed by atoms with Gasteiger partial charge in [0.15, 0.2) is 11.6 Å². The highest BCUT2D eigenvalue weighted by atomic mass is 16.5. The van der Waals surface area contributed by atoms with E-state index in [2.05, 4.69) is 41.1 Å². The molecule has 3 aromatic heterocycles. The van der Waals surface area contributed by atoms with E-state index in [1.165, 1.54) is 6.39 Å². The van der Waals surface area contributed by atoms with Gasteiger partial charge < -0.3 is 9.42 Å². The van der Waals surface area contributed by atoms with Gasteiger partial charge in [0.1, 0.15) is 12.1 Å². The minimum Gasteiger partial charge on any atom is -0.356 e. The van der Waals surface area contributed by atoms with E-state index >= 15 is 0 Å². The first-order valence-corrected chi connectivity index (χ1v) is 9.24. The first-order chi connectivity index (χ1) is 13.2. The van der Waals surface area contributed by atoms with Gasteiger partial charge in [-0.1, -0.05) is 5.16 Å². The molecule has 0 radical (unpaired) electrons. The molecule has 0 aromatic carbocycles. The molecular formula is C18H22N8O. The fourth-order valence-electron chi connectivity index (χ4n) is 4.36. The van der Waals surface area contributed by atoms with Gasteiger partial charge in [0.25, 0.3) is 0 Å². The SMILES string of the molecule is Cc1cc(C)n(-c2cc(N3CC4CN(Cc5ncon5)CC4C3)ncn2)n1. The predicted octanol–water partition coefficient (Wildman–Crippen LogP) is 1.23. The van der Waals surface area contributed by atoms with Crippen LogP contribution in [-0.2, 0) is 6.54 Å². The highest BCUT2D eigenvalue weighted by molar-refractivity contribution is 5.45. The Morgan fingerprint density at radius 1 is 1.00 bits per heavy atom. The minimum absolute atomic E-state index is 0.643. The second-order valence-electron chi connectivity index (χ2n) is 7.54. The lowest BCUT2D eigenvalue weighted by molar-refractivity contribution is 0.293. The van der Waals surface area contributed by atoms with E-state index in [1.54, 1.807) is 6.33 Å². The van der Waals surface area contributed by atoms with Crippen molar-refractivity contribution in [2.45, 2.75) is 20.4 Å². The summed E-state index contributed by atoms with van der Waals surface area (Å²) in [4.78, 5) is 17.8. The molecule has 27 heavy (non-hydrogen) atoms. The van der Waals surface area contributed by atoms with Crippen molar-refractivity contribution in [1.82, 2.24) is 34.8 Å². The van der Waals surface area contributed by atoms with E-state index in [9.17, 15) is 0 Å². The van der Waals surface area contributed by atoms with E-state index in [4.69, 9.17) is 4.52 Å². The fraction of sp³-hybridized carbons (Fsp3) is 0.500. The summed E-state index contributed by atoms with van der Waals surface area (Å²) in [6, 6.07) is 4.10. The van der Waals surface area contributed by atoms with Gasteiger partial charge >= 0.3 is 0 Å². The van der Waals surface area contributed by atoms with Gasteiger partial charge in [0, 0.05) is 37.9 Å². The maximum atomic E-state index is 4.83. The van der Waals surface area contributed by atoms with Gasteiger partial charge in [-0.3, -0.25) is 4.90 Å². The molecule has 5 rings (SSSR count). The average Bonchev–Trinajstić information content (AvgIpc) is 3.40. The van der Waals surface area contributed by atoms with Crippen molar-refractivity contribution in [3.8, 4) is 5.82 Å². The summed E-state index contributed by atoms with van der Waals surface area (Å²) in [7, 11) is 0. The van der Waals surface area contributed by atoms with Crippen molar-refractivity contribution in [1.29, 1.82) is 0 Å². The third kappa shape index (κ3) is 3.08. The lowest BCUT2D eigenvalue weighted by Gasteiger charge is -2.21. The molecule has 9 nitrogen and oxygen atoms in total. The molecule has 5 heterocycles. The lowest BCUT2D eigenvalue weighted by atomic mass is 10.0. The Hall–Kier alpha value is -2.81. The zero-order valence-corrected chi connectivity index (χ0v) is 15.5. The maximum absolute atomic E-state index is 4.83. The molecule has 9 heteroatoms. The molecule has 3 aromatic rings. The Morgan fingerprint density at radius 2 is 1.78 bits per heavy atom. The van der Waals surface area contributed by atoms with E-state index in [0.29, 0.717) is 11.8 Å². The normalized spacial score (nSPS) is 22.5. The summed E-state index contributed by atoms with van der Waals surface area (Å²) < 4.78 is 6.71. The molecule has 2 saturated heterocycles. The number of likely N-dealkylation sites (tertiary alicyclic amines) is 1. The molecule has 0 aliphatic carbocycles. The Balaban J connectivity index is 1.28. The van der Waals surface area contributed by atoms with Gasteiger partial charge in [0.05, 0.1) is 12.2 Å². The van der Waals surface area contributed by atoms with E-state index < -0.39 is 0 Å².